The van der Waals surface area contributed by atoms with E-state index in [1.807, 2.05) is 36.4 Å². The Bertz CT molecular complexity index is 462. The molecule has 2 heteroatoms. The van der Waals surface area contributed by atoms with E-state index in [1.54, 1.807) is 0 Å². The first-order valence-electron chi connectivity index (χ1n) is 5.19. The highest BCUT2D eigenvalue weighted by molar-refractivity contribution is 6.30. The van der Waals surface area contributed by atoms with Crippen LogP contribution in [0.1, 0.15) is 0 Å². The molecule has 0 unspecified atom stereocenters. The maximum atomic E-state index is 5.87. The van der Waals surface area contributed by atoms with Crippen LogP contribution >= 0.6 is 11.6 Å². The topological polar surface area (TPSA) is 12.0 Å². The molecular weight excluding hydrogens is 218 g/mol. The first kappa shape index (κ1) is 11.0. The number of halogens is 1. The van der Waals surface area contributed by atoms with Crippen LogP contribution in [0, 0.1) is 6.92 Å². The van der Waals surface area contributed by atoms with Crippen LogP contribution < -0.4 is 5.32 Å². The van der Waals surface area contributed by atoms with Crippen LogP contribution in [0.3, 0.4) is 0 Å². The average Bonchev–Trinajstić information content (AvgIpc) is 2.32. The lowest BCUT2D eigenvalue weighted by molar-refractivity contribution is 1.34. The number of hydrogen-bond donors (Lipinski definition) is 1. The van der Waals surface area contributed by atoms with Gasteiger partial charge >= 0.3 is 0 Å². The number of anilines is 1. The van der Waals surface area contributed by atoms with Crippen molar-refractivity contribution in [1.82, 2.24) is 0 Å². The van der Waals surface area contributed by atoms with Crippen LogP contribution in [0.25, 0.3) is 11.1 Å². The third-order valence-electron chi connectivity index (χ3n) is 2.40. The molecule has 0 atom stereocenters. The Morgan fingerprint density at radius 3 is 2.38 bits per heavy atom. The van der Waals surface area contributed by atoms with Gasteiger partial charge in [0, 0.05) is 22.8 Å². The molecular formula is C14H13ClN. The minimum absolute atomic E-state index is 0.671. The van der Waals surface area contributed by atoms with Gasteiger partial charge in [-0.25, -0.2) is 0 Å². The first-order valence-corrected chi connectivity index (χ1v) is 5.57. The van der Waals surface area contributed by atoms with Gasteiger partial charge in [0.1, 0.15) is 0 Å². The second kappa shape index (κ2) is 5.04. The van der Waals surface area contributed by atoms with Crippen LogP contribution in [-0.4, -0.2) is 6.54 Å². The fourth-order valence-corrected chi connectivity index (χ4v) is 1.78. The normalized spacial score (nSPS) is 10.1. The van der Waals surface area contributed by atoms with Crippen molar-refractivity contribution in [3.05, 3.63) is 60.5 Å². The summed E-state index contributed by atoms with van der Waals surface area (Å²) in [7, 11) is 0. The molecule has 2 aromatic rings. The number of hydrogen-bond acceptors (Lipinski definition) is 1. The van der Waals surface area contributed by atoms with E-state index in [2.05, 4.69) is 24.4 Å². The predicted octanol–water partition coefficient (Wildman–Crippen LogP) is 4.25. The van der Waals surface area contributed by atoms with Gasteiger partial charge in [-0.15, -0.1) is 0 Å². The van der Waals surface area contributed by atoms with Gasteiger partial charge in [-0.3, -0.25) is 0 Å². The van der Waals surface area contributed by atoms with Crippen LogP contribution in [0.15, 0.2) is 48.5 Å². The fraction of sp³-hybridized carbons (Fsp3) is 0.0714. The largest absolute Gasteiger partial charge is 0.385 e. The molecule has 0 aliphatic heterocycles. The summed E-state index contributed by atoms with van der Waals surface area (Å²) in [6, 6.07) is 16.0. The van der Waals surface area contributed by atoms with E-state index in [0.717, 1.165) is 16.3 Å². The maximum Gasteiger partial charge on any atom is 0.0419 e. The lowest BCUT2D eigenvalue weighted by Crippen LogP contribution is -1.98. The number of nitrogens with one attached hydrogen (secondary N) is 1. The van der Waals surface area contributed by atoms with E-state index < -0.39 is 0 Å². The fourth-order valence-electron chi connectivity index (χ4n) is 1.65. The standard InChI is InChI=1S/C14H13ClN/c1-2-16-14-6-4-3-5-13(14)11-7-9-12(15)10-8-11/h3-10,16H,1-2H2. The highest BCUT2D eigenvalue weighted by Gasteiger charge is 2.02. The lowest BCUT2D eigenvalue weighted by atomic mass is 10.0. The van der Waals surface area contributed by atoms with Gasteiger partial charge in [0.2, 0.25) is 0 Å². The number of rotatable bonds is 3. The Kier molecular flexibility index (Phi) is 3.47. The first-order chi connectivity index (χ1) is 7.81. The molecule has 0 saturated heterocycles. The van der Waals surface area contributed by atoms with Crippen molar-refractivity contribution in [3.63, 3.8) is 0 Å². The van der Waals surface area contributed by atoms with E-state index in [4.69, 9.17) is 11.6 Å². The molecule has 0 amide bonds. The predicted molar refractivity (Wildman–Crippen MR) is 70.7 cm³/mol. The highest BCUT2D eigenvalue weighted by atomic mass is 35.5. The molecule has 0 aliphatic rings. The lowest BCUT2D eigenvalue weighted by Gasteiger charge is -2.10. The summed E-state index contributed by atoms with van der Waals surface area (Å²) < 4.78 is 0. The minimum atomic E-state index is 0.671. The molecule has 1 N–H and O–H groups in total. The molecule has 81 valence electrons. The van der Waals surface area contributed by atoms with Gasteiger partial charge in [0.05, 0.1) is 0 Å². The van der Waals surface area contributed by atoms with Crippen molar-refractivity contribution >= 4 is 17.3 Å². The molecule has 2 rings (SSSR count). The number of benzene rings is 2. The Balaban J connectivity index is 2.42. The van der Waals surface area contributed by atoms with Crippen molar-refractivity contribution < 1.29 is 0 Å². The van der Waals surface area contributed by atoms with Crippen molar-refractivity contribution in [2.45, 2.75) is 0 Å². The molecule has 0 heterocycles. The second-order valence-corrected chi connectivity index (χ2v) is 3.92. The van der Waals surface area contributed by atoms with Gasteiger partial charge in [-0.2, -0.15) is 0 Å². The zero-order valence-corrected chi connectivity index (χ0v) is 9.67. The van der Waals surface area contributed by atoms with Gasteiger partial charge in [-0.05, 0) is 30.7 Å². The molecule has 0 saturated carbocycles. The van der Waals surface area contributed by atoms with Gasteiger partial charge in [0.25, 0.3) is 0 Å². The molecule has 2 aromatic carbocycles. The summed E-state index contributed by atoms with van der Waals surface area (Å²) in [5.41, 5.74) is 3.42. The van der Waals surface area contributed by atoms with Crippen molar-refractivity contribution in [2.75, 3.05) is 11.9 Å². The van der Waals surface area contributed by atoms with E-state index in [-0.39, 0.29) is 0 Å². The van der Waals surface area contributed by atoms with Gasteiger partial charge in [-0.1, -0.05) is 41.9 Å². The summed E-state index contributed by atoms with van der Waals surface area (Å²) in [6.07, 6.45) is 0. The molecule has 0 aliphatic carbocycles. The smallest absolute Gasteiger partial charge is 0.0419 e. The third-order valence-corrected chi connectivity index (χ3v) is 2.65. The summed E-state index contributed by atoms with van der Waals surface area (Å²) in [5, 5.41) is 4.00. The SMILES string of the molecule is [CH2]CNc1ccccc1-c1ccc(Cl)cc1. The van der Waals surface area contributed by atoms with Crippen LogP contribution in [0.5, 0.6) is 0 Å². The highest BCUT2D eigenvalue weighted by Crippen LogP contribution is 2.28. The summed E-state index contributed by atoms with van der Waals surface area (Å²) >= 11 is 5.87. The van der Waals surface area contributed by atoms with Crippen LogP contribution in [-0.2, 0) is 0 Å². The summed E-state index contributed by atoms with van der Waals surface area (Å²) in [4.78, 5) is 0. The van der Waals surface area contributed by atoms with Crippen molar-refractivity contribution in [3.8, 4) is 11.1 Å². The van der Waals surface area contributed by atoms with Crippen molar-refractivity contribution in [2.24, 2.45) is 0 Å². The third kappa shape index (κ3) is 2.37. The molecule has 0 bridgehead atoms. The van der Waals surface area contributed by atoms with Crippen LogP contribution in [0.2, 0.25) is 5.02 Å². The van der Waals surface area contributed by atoms with E-state index in [1.165, 1.54) is 5.56 Å². The maximum absolute atomic E-state index is 5.87. The minimum Gasteiger partial charge on any atom is -0.385 e. The quantitative estimate of drug-likeness (QED) is 0.831. The second-order valence-electron chi connectivity index (χ2n) is 3.48. The number of para-hydroxylation sites is 1. The Labute approximate surface area is 101 Å². The molecule has 1 radical (unpaired) electrons. The molecule has 16 heavy (non-hydrogen) atoms. The Morgan fingerprint density at radius 2 is 1.69 bits per heavy atom. The van der Waals surface area contributed by atoms with E-state index in [0.29, 0.717) is 6.54 Å². The average molecular weight is 231 g/mol. The Hall–Kier alpha value is -1.47. The van der Waals surface area contributed by atoms with E-state index >= 15 is 0 Å². The molecule has 0 fully saturated rings. The zero-order valence-electron chi connectivity index (χ0n) is 8.91. The Morgan fingerprint density at radius 1 is 1.00 bits per heavy atom. The van der Waals surface area contributed by atoms with Crippen LogP contribution in [0.4, 0.5) is 5.69 Å². The molecule has 0 spiro atoms. The zero-order chi connectivity index (χ0) is 11.4. The summed E-state index contributed by atoms with van der Waals surface area (Å²) in [5.74, 6) is 0. The molecule has 0 aromatic heterocycles. The van der Waals surface area contributed by atoms with Gasteiger partial charge in [0.15, 0.2) is 0 Å². The van der Waals surface area contributed by atoms with Crippen molar-refractivity contribution in [1.29, 1.82) is 0 Å². The van der Waals surface area contributed by atoms with Gasteiger partial charge < -0.3 is 5.32 Å². The van der Waals surface area contributed by atoms with E-state index in [9.17, 15) is 0 Å². The summed E-state index contributed by atoms with van der Waals surface area (Å²) in [6.45, 7) is 4.47. The monoisotopic (exact) mass is 230 g/mol. The molecule has 1 nitrogen and oxygen atoms in total.